The van der Waals surface area contributed by atoms with E-state index in [9.17, 15) is 19.7 Å². The number of nitrogens with zero attached hydrogens (tertiary/aromatic N) is 3. The number of rotatable bonds is 5. The van der Waals surface area contributed by atoms with Crippen LogP contribution in [0.5, 0.6) is 5.75 Å². The average molecular weight is 485 g/mol. The van der Waals surface area contributed by atoms with Crippen molar-refractivity contribution in [3.8, 4) is 5.75 Å². The Balaban J connectivity index is 1.63. The molecule has 9 nitrogen and oxygen atoms in total. The van der Waals surface area contributed by atoms with Crippen LogP contribution in [-0.4, -0.2) is 46.2 Å². The van der Waals surface area contributed by atoms with Crippen LogP contribution in [0.3, 0.4) is 0 Å². The van der Waals surface area contributed by atoms with Gasteiger partial charge >= 0.3 is 0 Å². The zero-order valence-corrected chi connectivity index (χ0v) is 19.6. The number of benzene rings is 2. The lowest BCUT2D eigenvalue weighted by Gasteiger charge is -2.37. The Morgan fingerprint density at radius 3 is 2.83 bits per heavy atom. The third kappa shape index (κ3) is 3.02. The molecule has 2 fully saturated rings. The van der Waals surface area contributed by atoms with Crippen molar-refractivity contribution in [3.63, 3.8) is 0 Å². The van der Waals surface area contributed by atoms with E-state index >= 15 is 0 Å². The predicted octanol–water partition coefficient (Wildman–Crippen LogP) is 3.91. The number of aromatic nitrogens is 1. The van der Waals surface area contributed by atoms with E-state index in [4.69, 9.17) is 4.74 Å². The fraction of sp³-hybridized carbons (Fsp3) is 0.296. The number of non-ortho nitro benzene ring substituents is 1. The third-order valence-electron chi connectivity index (χ3n) is 7.90. The number of pyridine rings is 1. The first-order chi connectivity index (χ1) is 17.5. The molecule has 3 aliphatic rings. The molecule has 2 aromatic carbocycles. The number of carbonyl (C=O) groups is 2. The van der Waals surface area contributed by atoms with Crippen LogP contribution in [0.25, 0.3) is 0 Å². The molecule has 4 atom stereocenters. The highest BCUT2D eigenvalue weighted by molar-refractivity contribution is 6.12. The van der Waals surface area contributed by atoms with Gasteiger partial charge in [-0.1, -0.05) is 12.1 Å². The van der Waals surface area contributed by atoms with Gasteiger partial charge in [-0.25, -0.2) is 0 Å². The lowest BCUT2D eigenvalue weighted by atomic mass is 9.69. The summed E-state index contributed by atoms with van der Waals surface area (Å²) >= 11 is 0. The summed E-state index contributed by atoms with van der Waals surface area (Å²) in [5, 5.41) is 14.6. The second kappa shape index (κ2) is 8.23. The number of Topliss-reactive ketones (excluding diaryl/α,β-unsaturated/α-hetero) is 1. The first kappa shape index (κ1) is 22.4. The molecule has 1 spiro atoms. The van der Waals surface area contributed by atoms with Gasteiger partial charge in [0.1, 0.15) is 11.3 Å². The van der Waals surface area contributed by atoms with Crippen LogP contribution in [-0.2, 0) is 10.3 Å². The smallest absolute Gasteiger partial charge is 0.269 e. The molecule has 1 N–H and O–H groups in total. The van der Waals surface area contributed by atoms with Gasteiger partial charge in [0.25, 0.3) is 5.69 Å². The number of nitro groups is 1. The fourth-order valence-corrected chi connectivity index (χ4v) is 6.57. The first-order valence-corrected chi connectivity index (χ1v) is 11.9. The zero-order chi connectivity index (χ0) is 25.0. The Morgan fingerprint density at radius 1 is 1.22 bits per heavy atom. The van der Waals surface area contributed by atoms with E-state index in [-0.39, 0.29) is 23.4 Å². The van der Waals surface area contributed by atoms with E-state index in [1.54, 1.807) is 49.7 Å². The molecule has 1 aromatic heterocycles. The number of carbonyl (C=O) groups excluding carboxylic acids is 2. The van der Waals surface area contributed by atoms with Gasteiger partial charge in [0, 0.05) is 53.3 Å². The van der Waals surface area contributed by atoms with Crippen LogP contribution in [0, 0.1) is 16.0 Å². The molecule has 0 bridgehead atoms. The van der Waals surface area contributed by atoms with Crippen LogP contribution in [0.15, 0.2) is 67.0 Å². The zero-order valence-electron chi connectivity index (χ0n) is 19.6. The SMILES string of the molecule is COc1ccc2c(c1)[C@]1(C(=O)N2)[C@@H](C(=O)c2cccnc2)[C@H](c2cccc([N+](=O)[O-])c2)[C@H]2CCCN21. The summed E-state index contributed by atoms with van der Waals surface area (Å²) in [6, 6.07) is 15.2. The van der Waals surface area contributed by atoms with Crippen molar-refractivity contribution in [2.45, 2.75) is 30.3 Å². The molecular formula is C27H24N4O5. The molecule has 182 valence electrons. The van der Waals surface area contributed by atoms with E-state index in [2.05, 4.69) is 15.2 Å². The van der Waals surface area contributed by atoms with E-state index in [1.807, 2.05) is 12.1 Å². The summed E-state index contributed by atoms with van der Waals surface area (Å²) in [7, 11) is 1.57. The Kier molecular flexibility index (Phi) is 5.11. The van der Waals surface area contributed by atoms with Crippen molar-refractivity contribution in [1.82, 2.24) is 9.88 Å². The second-order valence-electron chi connectivity index (χ2n) is 9.50. The summed E-state index contributed by atoms with van der Waals surface area (Å²) in [6.45, 7) is 0.636. The number of nitrogens with one attached hydrogen (secondary N) is 1. The maximum absolute atomic E-state index is 14.3. The Labute approximate surface area is 207 Å². The topological polar surface area (TPSA) is 115 Å². The van der Waals surface area contributed by atoms with Gasteiger partial charge in [-0.3, -0.25) is 29.6 Å². The van der Waals surface area contributed by atoms with Crippen LogP contribution in [0.4, 0.5) is 11.4 Å². The van der Waals surface area contributed by atoms with Crippen LogP contribution in [0.1, 0.15) is 40.2 Å². The molecule has 1 amide bonds. The van der Waals surface area contributed by atoms with E-state index in [0.717, 1.165) is 12.8 Å². The molecule has 9 heteroatoms. The van der Waals surface area contributed by atoms with Crippen molar-refractivity contribution >= 4 is 23.1 Å². The summed E-state index contributed by atoms with van der Waals surface area (Å²) in [5.74, 6) is -1.12. The number of methoxy groups -OCH3 is 1. The van der Waals surface area contributed by atoms with Gasteiger partial charge in [0.2, 0.25) is 5.91 Å². The molecule has 3 aliphatic heterocycles. The van der Waals surface area contributed by atoms with Crippen molar-refractivity contribution < 1.29 is 19.2 Å². The minimum Gasteiger partial charge on any atom is -0.497 e. The quantitative estimate of drug-likeness (QED) is 0.332. The van der Waals surface area contributed by atoms with Crippen LogP contribution >= 0.6 is 0 Å². The Hall–Kier alpha value is -4.11. The first-order valence-electron chi connectivity index (χ1n) is 11.9. The van der Waals surface area contributed by atoms with Crippen molar-refractivity contribution in [2.24, 2.45) is 5.92 Å². The van der Waals surface area contributed by atoms with Gasteiger partial charge in [-0.15, -0.1) is 0 Å². The normalized spacial score (nSPS) is 26.5. The maximum atomic E-state index is 14.3. The third-order valence-corrected chi connectivity index (χ3v) is 7.90. The van der Waals surface area contributed by atoms with Crippen LogP contribution < -0.4 is 10.1 Å². The molecule has 0 radical (unpaired) electrons. The molecule has 3 aromatic rings. The molecule has 6 rings (SSSR count). The monoisotopic (exact) mass is 484 g/mol. The number of nitro benzene ring substituents is 1. The Bertz CT molecular complexity index is 1390. The number of anilines is 1. The van der Waals surface area contributed by atoms with Crippen molar-refractivity contribution in [3.05, 3.63) is 93.8 Å². The Morgan fingerprint density at radius 2 is 2.08 bits per heavy atom. The number of ether oxygens (including phenoxy) is 1. The van der Waals surface area contributed by atoms with Gasteiger partial charge < -0.3 is 10.1 Å². The van der Waals surface area contributed by atoms with Gasteiger partial charge in [0.05, 0.1) is 18.0 Å². The standard InChI is InChI=1S/C27H24N4O5/c1-36-19-9-10-21-20(14-19)27(26(33)29-21)24(25(32)17-6-3-11-28-15-17)23(22-8-4-12-30(22)27)16-5-2-7-18(13-16)31(34)35/h2-3,5-7,9-11,13-15,22-24H,4,8,12H2,1H3,(H,29,33)/t22-,23-,24-,27-/m1/s1. The lowest BCUT2D eigenvalue weighted by Crippen LogP contribution is -2.52. The summed E-state index contributed by atoms with van der Waals surface area (Å²) in [4.78, 5) is 45.8. The fourth-order valence-electron chi connectivity index (χ4n) is 6.57. The molecule has 0 saturated carbocycles. The average Bonchev–Trinajstić information content (AvgIpc) is 3.57. The lowest BCUT2D eigenvalue weighted by molar-refractivity contribution is -0.384. The number of hydrogen-bond donors (Lipinski definition) is 1. The minimum atomic E-state index is -1.27. The molecule has 2 saturated heterocycles. The van der Waals surface area contributed by atoms with Crippen molar-refractivity contribution in [1.29, 1.82) is 0 Å². The number of hydrogen-bond acceptors (Lipinski definition) is 7. The largest absolute Gasteiger partial charge is 0.497 e. The predicted molar refractivity (Wildman–Crippen MR) is 131 cm³/mol. The maximum Gasteiger partial charge on any atom is 0.269 e. The summed E-state index contributed by atoms with van der Waals surface area (Å²) in [6.07, 6.45) is 4.75. The molecule has 0 aliphatic carbocycles. The minimum absolute atomic E-state index is 0.0384. The highest BCUT2D eigenvalue weighted by Gasteiger charge is 2.69. The second-order valence-corrected chi connectivity index (χ2v) is 9.50. The highest BCUT2D eigenvalue weighted by atomic mass is 16.6. The number of fused-ring (bicyclic) bond motifs is 4. The summed E-state index contributed by atoms with van der Waals surface area (Å²) in [5.41, 5.74) is 1.13. The number of amides is 1. The van der Waals surface area contributed by atoms with Gasteiger partial charge in [-0.2, -0.15) is 0 Å². The van der Waals surface area contributed by atoms with E-state index in [0.29, 0.717) is 34.7 Å². The van der Waals surface area contributed by atoms with Gasteiger partial charge in [0.15, 0.2) is 5.78 Å². The molecule has 0 unspecified atom stereocenters. The highest BCUT2D eigenvalue weighted by Crippen LogP contribution is 2.61. The number of ketones is 1. The van der Waals surface area contributed by atoms with Crippen LogP contribution in [0.2, 0.25) is 0 Å². The van der Waals surface area contributed by atoms with Crippen molar-refractivity contribution in [2.75, 3.05) is 19.0 Å². The molecule has 36 heavy (non-hydrogen) atoms. The molecule has 4 heterocycles. The van der Waals surface area contributed by atoms with Gasteiger partial charge in [-0.05, 0) is 55.3 Å². The van der Waals surface area contributed by atoms with E-state index < -0.39 is 22.3 Å². The van der Waals surface area contributed by atoms with E-state index in [1.165, 1.54) is 12.3 Å². The molecular weight excluding hydrogens is 460 g/mol. The summed E-state index contributed by atoms with van der Waals surface area (Å²) < 4.78 is 5.50.